The SMILES string of the molecule is CCNCC1CCC(CN(C)C(CC)CSC)O1. The van der Waals surface area contributed by atoms with E-state index in [9.17, 15) is 0 Å². The van der Waals surface area contributed by atoms with Crippen molar-refractivity contribution in [3.8, 4) is 0 Å². The third kappa shape index (κ3) is 5.47. The smallest absolute Gasteiger partial charge is 0.0707 e. The minimum absolute atomic E-state index is 0.434. The molecule has 1 aliphatic rings. The van der Waals surface area contributed by atoms with E-state index in [1.165, 1.54) is 25.0 Å². The predicted molar refractivity (Wildman–Crippen MR) is 81.5 cm³/mol. The van der Waals surface area contributed by atoms with E-state index in [4.69, 9.17) is 4.74 Å². The van der Waals surface area contributed by atoms with Crippen LogP contribution in [0.2, 0.25) is 0 Å². The van der Waals surface area contributed by atoms with Gasteiger partial charge in [-0.2, -0.15) is 11.8 Å². The third-order valence-corrected chi connectivity index (χ3v) is 4.48. The molecule has 1 heterocycles. The van der Waals surface area contributed by atoms with Crippen LogP contribution in [0.5, 0.6) is 0 Å². The van der Waals surface area contributed by atoms with Crippen molar-refractivity contribution in [1.29, 1.82) is 0 Å². The van der Waals surface area contributed by atoms with Gasteiger partial charge in [-0.15, -0.1) is 0 Å². The summed E-state index contributed by atoms with van der Waals surface area (Å²) in [7, 11) is 2.24. The van der Waals surface area contributed by atoms with Gasteiger partial charge in [0.05, 0.1) is 12.2 Å². The maximum absolute atomic E-state index is 6.10. The lowest BCUT2D eigenvalue weighted by Gasteiger charge is -2.29. The molecule has 0 spiro atoms. The summed E-state index contributed by atoms with van der Waals surface area (Å²) in [6, 6.07) is 0.691. The van der Waals surface area contributed by atoms with Gasteiger partial charge < -0.3 is 15.0 Å². The average molecular weight is 274 g/mol. The molecule has 1 N–H and O–H groups in total. The van der Waals surface area contributed by atoms with Crippen LogP contribution in [0.1, 0.15) is 33.1 Å². The minimum atomic E-state index is 0.434. The Morgan fingerprint density at radius 3 is 2.67 bits per heavy atom. The summed E-state index contributed by atoms with van der Waals surface area (Å²) in [6.45, 7) is 7.56. The van der Waals surface area contributed by atoms with Crippen LogP contribution in [0.3, 0.4) is 0 Å². The van der Waals surface area contributed by atoms with Crippen LogP contribution < -0.4 is 5.32 Å². The van der Waals surface area contributed by atoms with Gasteiger partial charge in [0.15, 0.2) is 0 Å². The van der Waals surface area contributed by atoms with Crippen molar-refractivity contribution in [2.75, 3.05) is 38.7 Å². The van der Waals surface area contributed by atoms with Gasteiger partial charge in [-0.1, -0.05) is 13.8 Å². The van der Waals surface area contributed by atoms with E-state index < -0.39 is 0 Å². The monoisotopic (exact) mass is 274 g/mol. The quantitative estimate of drug-likeness (QED) is 0.697. The average Bonchev–Trinajstić information content (AvgIpc) is 2.80. The number of ether oxygens (including phenoxy) is 1. The number of hydrogen-bond donors (Lipinski definition) is 1. The lowest BCUT2D eigenvalue weighted by atomic mass is 10.1. The van der Waals surface area contributed by atoms with Crippen molar-refractivity contribution < 1.29 is 4.74 Å². The second-order valence-electron chi connectivity index (χ2n) is 5.22. The molecule has 0 radical (unpaired) electrons. The highest BCUT2D eigenvalue weighted by Crippen LogP contribution is 2.21. The molecule has 3 atom stereocenters. The largest absolute Gasteiger partial charge is 0.372 e. The lowest BCUT2D eigenvalue weighted by molar-refractivity contribution is 0.0222. The standard InChI is InChI=1S/C14H30N2OS/c1-5-12(11-18-4)16(3)10-14-8-7-13(17-14)9-15-6-2/h12-15H,5-11H2,1-4H3. The summed E-state index contributed by atoms with van der Waals surface area (Å²) in [5.74, 6) is 1.22. The second-order valence-corrected chi connectivity index (χ2v) is 6.13. The summed E-state index contributed by atoms with van der Waals surface area (Å²) in [4.78, 5) is 2.48. The first-order valence-corrected chi connectivity index (χ1v) is 8.65. The van der Waals surface area contributed by atoms with E-state index in [1.54, 1.807) is 0 Å². The first-order valence-electron chi connectivity index (χ1n) is 7.26. The number of hydrogen-bond acceptors (Lipinski definition) is 4. The summed E-state index contributed by atoms with van der Waals surface area (Å²) in [5.41, 5.74) is 0. The Morgan fingerprint density at radius 1 is 1.33 bits per heavy atom. The summed E-state index contributed by atoms with van der Waals surface area (Å²) in [6.07, 6.45) is 6.72. The van der Waals surface area contributed by atoms with Crippen LogP contribution in [-0.4, -0.2) is 61.8 Å². The zero-order valence-corrected chi connectivity index (χ0v) is 13.3. The normalized spacial score (nSPS) is 25.8. The zero-order valence-electron chi connectivity index (χ0n) is 12.4. The maximum Gasteiger partial charge on any atom is 0.0707 e. The molecule has 0 aromatic carbocycles. The molecule has 0 amide bonds. The highest BCUT2D eigenvalue weighted by atomic mass is 32.2. The van der Waals surface area contributed by atoms with Crippen molar-refractivity contribution in [3.63, 3.8) is 0 Å². The van der Waals surface area contributed by atoms with Crippen LogP contribution in [0, 0.1) is 0 Å². The summed E-state index contributed by atoms with van der Waals surface area (Å²) >= 11 is 1.94. The Kier molecular flexibility index (Phi) is 8.31. The van der Waals surface area contributed by atoms with Crippen LogP contribution in [0.4, 0.5) is 0 Å². The zero-order chi connectivity index (χ0) is 13.4. The molecule has 1 aliphatic heterocycles. The molecule has 0 aliphatic carbocycles. The van der Waals surface area contributed by atoms with Crippen molar-refractivity contribution in [1.82, 2.24) is 10.2 Å². The number of nitrogens with one attached hydrogen (secondary N) is 1. The Balaban J connectivity index is 2.26. The van der Waals surface area contributed by atoms with Crippen LogP contribution in [-0.2, 0) is 4.74 Å². The van der Waals surface area contributed by atoms with Gasteiger partial charge in [0, 0.05) is 24.9 Å². The summed E-state index contributed by atoms with van der Waals surface area (Å²) < 4.78 is 6.10. The molecule has 3 nitrogen and oxygen atoms in total. The van der Waals surface area contributed by atoms with Crippen molar-refractivity contribution in [3.05, 3.63) is 0 Å². The molecule has 0 bridgehead atoms. The molecule has 1 fully saturated rings. The highest BCUT2D eigenvalue weighted by molar-refractivity contribution is 7.98. The van der Waals surface area contributed by atoms with E-state index in [-0.39, 0.29) is 0 Å². The number of rotatable bonds is 9. The molecular formula is C14H30N2OS. The molecule has 0 saturated carbocycles. The first-order chi connectivity index (χ1) is 8.71. The first kappa shape index (κ1) is 16.3. The second kappa shape index (κ2) is 9.18. The van der Waals surface area contributed by atoms with Gasteiger partial charge in [0.2, 0.25) is 0 Å². The number of thioether (sulfide) groups is 1. The van der Waals surface area contributed by atoms with Crippen LogP contribution in [0.15, 0.2) is 0 Å². The van der Waals surface area contributed by atoms with Gasteiger partial charge in [-0.25, -0.2) is 0 Å². The number of nitrogens with zero attached hydrogens (tertiary/aromatic N) is 1. The van der Waals surface area contributed by atoms with Gasteiger partial charge in [-0.3, -0.25) is 0 Å². The van der Waals surface area contributed by atoms with Crippen LogP contribution >= 0.6 is 11.8 Å². The molecule has 0 aromatic rings. The molecule has 1 saturated heterocycles. The fourth-order valence-corrected chi connectivity index (χ4v) is 3.46. The molecular weight excluding hydrogens is 244 g/mol. The van der Waals surface area contributed by atoms with Crippen molar-refractivity contribution in [2.24, 2.45) is 0 Å². The Bertz CT molecular complexity index is 216. The molecule has 0 aromatic heterocycles. The summed E-state index contributed by atoms with van der Waals surface area (Å²) in [5, 5.41) is 3.38. The van der Waals surface area contributed by atoms with E-state index in [1.807, 2.05) is 11.8 Å². The van der Waals surface area contributed by atoms with Gasteiger partial charge in [0.1, 0.15) is 0 Å². The van der Waals surface area contributed by atoms with Gasteiger partial charge >= 0.3 is 0 Å². The van der Waals surface area contributed by atoms with E-state index in [2.05, 4.69) is 37.4 Å². The van der Waals surface area contributed by atoms with Gasteiger partial charge in [0.25, 0.3) is 0 Å². The fourth-order valence-electron chi connectivity index (χ4n) is 2.59. The van der Waals surface area contributed by atoms with E-state index in [0.29, 0.717) is 18.2 Å². The minimum Gasteiger partial charge on any atom is -0.372 e. The highest BCUT2D eigenvalue weighted by Gasteiger charge is 2.27. The molecule has 18 heavy (non-hydrogen) atoms. The Hall–Kier alpha value is 0.230. The third-order valence-electron chi connectivity index (χ3n) is 3.76. The lowest BCUT2D eigenvalue weighted by Crippen LogP contribution is -2.39. The Labute approximate surface area is 117 Å². The predicted octanol–water partition coefficient (Wildman–Crippen LogP) is 2.22. The Morgan fingerprint density at radius 2 is 2.06 bits per heavy atom. The maximum atomic E-state index is 6.10. The van der Waals surface area contributed by atoms with E-state index >= 15 is 0 Å². The number of likely N-dealkylation sites (N-methyl/N-ethyl adjacent to an activating group) is 2. The van der Waals surface area contributed by atoms with Crippen molar-refractivity contribution >= 4 is 11.8 Å². The molecule has 1 rings (SSSR count). The fraction of sp³-hybridized carbons (Fsp3) is 1.00. The van der Waals surface area contributed by atoms with Gasteiger partial charge in [-0.05, 0) is 39.1 Å². The van der Waals surface area contributed by atoms with Crippen LogP contribution in [0.25, 0.3) is 0 Å². The molecule has 108 valence electrons. The van der Waals surface area contributed by atoms with E-state index in [0.717, 1.165) is 19.6 Å². The topological polar surface area (TPSA) is 24.5 Å². The van der Waals surface area contributed by atoms with Crippen molar-refractivity contribution in [2.45, 2.75) is 51.4 Å². The molecule has 4 heteroatoms. The molecule has 3 unspecified atom stereocenters.